The van der Waals surface area contributed by atoms with E-state index in [4.69, 9.17) is 4.42 Å². The molecule has 23 heavy (non-hydrogen) atoms. The highest BCUT2D eigenvalue weighted by molar-refractivity contribution is 9.10. The van der Waals surface area contributed by atoms with Crippen molar-refractivity contribution in [3.8, 4) is 11.5 Å². The number of para-hydroxylation sites is 1. The van der Waals surface area contributed by atoms with E-state index >= 15 is 0 Å². The van der Waals surface area contributed by atoms with Crippen LogP contribution in [0.3, 0.4) is 0 Å². The molecule has 0 fully saturated rings. The van der Waals surface area contributed by atoms with Gasteiger partial charge in [0.15, 0.2) is 4.34 Å². The van der Waals surface area contributed by atoms with E-state index in [0.717, 1.165) is 19.9 Å². The third-order valence-corrected chi connectivity index (χ3v) is 5.79. The maximum Gasteiger partial charge on any atom is 0.247 e. The van der Waals surface area contributed by atoms with Gasteiger partial charge in [-0.05, 0) is 30.3 Å². The first kappa shape index (κ1) is 14.9. The van der Waals surface area contributed by atoms with Crippen LogP contribution in [0.5, 0.6) is 0 Å². The third kappa shape index (κ3) is 3.31. The van der Waals surface area contributed by atoms with E-state index in [2.05, 4.69) is 37.2 Å². The van der Waals surface area contributed by atoms with E-state index in [-0.39, 0.29) is 0 Å². The van der Waals surface area contributed by atoms with E-state index in [1.54, 1.807) is 23.1 Å². The molecule has 0 bridgehead atoms. The van der Waals surface area contributed by atoms with Gasteiger partial charge >= 0.3 is 0 Å². The summed E-state index contributed by atoms with van der Waals surface area (Å²) in [4.78, 5) is 4.59. The Hall–Kier alpha value is -1.70. The number of benzene rings is 2. The van der Waals surface area contributed by atoms with Crippen molar-refractivity contribution in [2.75, 3.05) is 0 Å². The molecular weight excluding hydrogens is 394 g/mol. The molecule has 0 radical (unpaired) electrons. The molecule has 0 N–H and O–H groups in total. The quantitative estimate of drug-likeness (QED) is 0.426. The van der Waals surface area contributed by atoms with E-state index in [1.807, 2.05) is 42.5 Å². The summed E-state index contributed by atoms with van der Waals surface area (Å²) in [6, 6.07) is 15.9. The maximum absolute atomic E-state index is 5.73. The monoisotopic (exact) mass is 403 g/mol. The van der Waals surface area contributed by atoms with Gasteiger partial charge in [0.25, 0.3) is 0 Å². The standard InChI is InChI=1S/C16H10BrN3OS2/c17-11-5-3-4-10(8-11)15-20-19-14(21-15)9-22-16-18-12-6-1-2-7-13(12)23-16/h1-8H,9H2. The molecule has 4 aromatic rings. The average Bonchev–Trinajstić information content (AvgIpc) is 3.19. The highest BCUT2D eigenvalue weighted by atomic mass is 79.9. The second kappa shape index (κ2) is 6.43. The molecule has 0 saturated heterocycles. The first-order chi connectivity index (χ1) is 11.3. The van der Waals surface area contributed by atoms with Gasteiger partial charge in [-0.2, -0.15) is 0 Å². The zero-order chi connectivity index (χ0) is 15.6. The Balaban J connectivity index is 1.49. The lowest BCUT2D eigenvalue weighted by molar-refractivity contribution is 0.528. The first-order valence-electron chi connectivity index (χ1n) is 6.84. The van der Waals surface area contributed by atoms with Gasteiger partial charge in [0.1, 0.15) is 0 Å². The van der Waals surface area contributed by atoms with Crippen LogP contribution in [0.2, 0.25) is 0 Å². The molecule has 4 rings (SSSR count). The van der Waals surface area contributed by atoms with Crippen molar-refractivity contribution in [2.45, 2.75) is 10.1 Å². The Labute approximate surface area is 149 Å². The van der Waals surface area contributed by atoms with Crippen molar-refractivity contribution >= 4 is 49.2 Å². The van der Waals surface area contributed by atoms with Crippen LogP contribution >= 0.6 is 39.0 Å². The summed E-state index contributed by atoms with van der Waals surface area (Å²) in [5, 5.41) is 8.23. The summed E-state index contributed by atoms with van der Waals surface area (Å²) in [5.41, 5.74) is 1.93. The maximum atomic E-state index is 5.73. The SMILES string of the molecule is Brc1cccc(-c2nnc(CSc3nc4ccccc4s3)o2)c1. The Bertz CT molecular complexity index is 934. The predicted octanol–water partition coefficient (Wildman–Crippen LogP) is 5.40. The summed E-state index contributed by atoms with van der Waals surface area (Å²) < 4.78 is 8.92. The van der Waals surface area contributed by atoms with Crippen molar-refractivity contribution in [3.05, 3.63) is 58.9 Å². The van der Waals surface area contributed by atoms with E-state index in [1.165, 1.54) is 4.70 Å². The predicted molar refractivity (Wildman–Crippen MR) is 96.6 cm³/mol. The molecule has 0 atom stereocenters. The molecule has 0 aliphatic heterocycles. The Kier molecular flexibility index (Phi) is 4.15. The van der Waals surface area contributed by atoms with Crippen molar-refractivity contribution in [1.29, 1.82) is 0 Å². The van der Waals surface area contributed by atoms with Crippen LogP contribution < -0.4 is 0 Å². The normalized spacial score (nSPS) is 11.2. The van der Waals surface area contributed by atoms with Gasteiger partial charge in [0.2, 0.25) is 11.8 Å². The van der Waals surface area contributed by atoms with Crippen LogP contribution in [0.1, 0.15) is 5.89 Å². The number of hydrogen-bond donors (Lipinski definition) is 0. The van der Waals surface area contributed by atoms with Crippen LogP contribution in [0, 0.1) is 0 Å². The largest absolute Gasteiger partial charge is 0.420 e. The number of aromatic nitrogens is 3. The molecule has 0 spiro atoms. The van der Waals surface area contributed by atoms with Gasteiger partial charge < -0.3 is 4.42 Å². The number of thioether (sulfide) groups is 1. The lowest BCUT2D eigenvalue weighted by Crippen LogP contribution is -1.79. The Morgan fingerprint density at radius 1 is 1.09 bits per heavy atom. The molecule has 2 heterocycles. The minimum Gasteiger partial charge on any atom is -0.420 e. The molecule has 0 unspecified atom stereocenters. The lowest BCUT2D eigenvalue weighted by Gasteiger charge is -1.95. The number of nitrogens with zero attached hydrogens (tertiary/aromatic N) is 3. The fraction of sp³-hybridized carbons (Fsp3) is 0.0625. The number of thiazole rings is 1. The van der Waals surface area contributed by atoms with Crippen LogP contribution in [0.4, 0.5) is 0 Å². The molecule has 7 heteroatoms. The number of hydrogen-bond acceptors (Lipinski definition) is 6. The highest BCUT2D eigenvalue weighted by Crippen LogP contribution is 2.31. The number of rotatable bonds is 4. The molecule has 2 aromatic heterocycles. The summed E-state index contributed by atoms with van der Waals surface area (Å²) in [7, 11) is 0. The minimum absolute atomic E-state index is 0.534. The van der Waals surface area contributed by atoms with Crippen LogP contribution in [0.15, 0.2) is 61.8 Å². The molecule has 0 amide bonds. The molecule has 4 nitrogen and oxygen atoms in total. The topological polar surface area (TPSA) is 51.8 Å². The van der Waals surface area contributed by atoms with Crippen LogP contribution in [-0.2, 0) is 5.75 Å². The summed E-state index contributed by atoms with van der Waals surface area (Å²) >= 11 is 6.73. The molecule has 114 valence electrons. The molecule has 0 saturated carbocycles. The van der Waals surface area contributed by atoms with E-state index in [9.17, 15) is 0 Å². The van der Waals surface area contributed by atoms with E-state index < -0.39 is 0 Å². The van der Waals surface area contributed by atoms with E-state index in [0.29, 0.717) is 17.5 Å². The summed E-state index contributed by atoms with van der Waals surface area (Å²) in [5.74, 6) is 1.75. The van der Waals surface area contributed by atoms with Crippen LogP contribution in [-0.4, -0.2) is 15.2 Å². The molecule has 0 aliphatic rings. The van der Waals surface area contributed by atoms with Gasteiger partial charge in [0, 0.05) is 10.0 Å². The lowest BCUT2D eigenvalue weighted by atomic mass is 10.2. The smallest absolute Gasteiger partial charge is 0.247 e. The first-order valence-corrected chi connectivity index (χ1v) is 9.44. The summed E-state index contributed by atoms with van der Waals surface area (Å²) in [6.45, 7) is 0. The number of halogens is 1. The fourth-order valence-electron chi connectivity index (χ4n) is 2.09. The van der Waals surface area contributed by atoms with Crippen molar-refractivity contribution < 1.29 is 4.42 Å². The number of fused-ring (bicyclic) bond motifs is 1. The second-order valence-corrected chi connectivity index (χ2v) is 7.92. The summed E-state index contributed by atoms with van der Waals surface area (Å²) in [6.07, 6.45) is 0. The zero-order valence-electron chi connectivity index (χ0n) is 11.8. The van der Waals surface area contributed by atoms with Gasteiger partial charge in [-0.25, -0.2) is 4.98 Å². The Morgan fingerprint density at radius 2 is 2.00 bits per heavy atom. The molecular formula is C16H10BrN3OS2. The molecule has 2 aromatic carbocycles. The van der Waals surface area contributed by atoms with Crippen molar-refractivity contribution in [3.63, 3.8) is 0 Å². The third-order valence-electron chi connectivity index (χ3n) is 3.13. The van der Waals surface area contributed by atoms with Gasteiger partial charge in [-0.3, -0.25) is 0 Å². The van der Waals surface area contributed by atoms with Gasteiger partial charge in [-0.15, -0.1) is 21.5 Å². The highest BCUT2D eigenvalue weighted by Gasteiger charge is 2.11. The van der Waals surface area contributed by atoms with Gasteiger partial charge in [-0.1, -0.05) is 45.9 Å². The second-order valence-electron chi connectivity index (χ2n) is 4.75. The van der Waals surface area contributed by atoms with Crippen molar-refractivity contribution in [2.24, 2.45) is 0 Å². The van der Waals surface area contributed by atoms with Gasteiger partial charge in [0.05, 0.1) is 16.0 Å². The average molecular weight is 404 g/mol. The fourth-order valence-corrected chi connectivity index (χ4v) is 4.39. The van der Waals surface area contributed by atoms with Crippen LogP contribution in [0.25, 0.3) is 21.7 Å². The zero-order valence-corrected chi connectivity index (χ0v) is 15.0. The van der Waals surface area contributed by atoms with Crippen molar-refractivity contribution in [1.82, 2.24) is 15.2 Å². The minimum atomic E-state index is 0.534. The molecule has 0 aliphatic carbocycles. The Morgan fingerprint density at radius 3 is 2.87 bits per heavy atom.